The lowest BCUT2D eigenvalue weighted by molar-refractivity contribution is -0.0942. The summed E-state index contributed by atoms with van der Waals surface area (Å²) < 4.78 is 13.2. The fourth-order valence-corrected chi connectivity index (χ4v) is 6.03. The second-order valence-corrected chi connectivity index (χ2v) is 15.6. The van der Waals surface area contributed by atoms with Gasteiger partial charge in [0.15, 0.2) is 0 Å². The van der Waals surface area contributed by atoms with Crippen LogP contribution in [0.2, 0.25) is 18.1 Å². The molecule has 0 aromatic rings. The number of fused-ring (bicyclic) bond motifs is 3. The van der Waals surface area contributed by atoms with Crippen LogP contribution in [-0.2, 0) is 9.16 Å². The van der Waals surface area contributed by atoms with Crippen molar-refractivity contribution in [3.8, 4) is 0 Å². The van der Waals surface area contributed by atoms with Gasteiger partial charge in [0.05, 0.1) is 0 Å². The molecule has 25 heavy (non-hydrogen) atoms. The predicted molar refractivity (Wildman–Crippen MR) is 108 cm³/mol. The van der Waals surface area contributed by atoms with E-state index >= 15 is 0 Å². The van der Waals surface area contributed by atoms with Gasteiger partial charge in [0.25, 0.3) is 0 Å². The molecule has 4 atom stereocenters. The first-order valence-corrected chi connectivity index (χ1v) is 13.0. The fourth-order valence-electron chi connectivity index (χ4n) is 4.95. The minimum atomic E-state index is -1.86. The zero-order valence-corrected chi connectivity index (χ0v) is 18.6. The molecule has 0 aromatic heterocycles. The molecule has 0 radical (unpaired) electrons. The van der Waals surface area contributed by atoms with Gasteiger partial charge in [0.2, 0.25) is 8.32 Å². The number of hydrogen-bond acceptors (Lipinski definition) is 2. The second-order valence-electron chi connectivity index (χ2n) is 10.9. The van der Waals surface area contributed by atoms with Crippen LogP contribution < -0.4 is 0 Å². The minimum absolute atomic E-state index is 0.141. The summed E-state index contributed by atoms with van der Waals surface area (Å²) in [5.41, 5.74) is 0.459. The van der Waals surface area contributed by atoms with Gasteiger partial charge in [-0.1, -0.05) is 53.7 Å². The van der Waals surface area contributed by atoms with Crippen molar-refractivity contribution in [2.75, 3.05) is 6.61 Å². The first-order valence-electron chi connectivity index (χ1n) is 10.1. The van der Waals surface area contributed by atoms with E-state index in [1.807, 2.05) is 0 Å². The highest BCUT2D eigenvalue weighted by Crippen LogP contribution is 2.59. The molecule has 2 nitrogen and oxygen atoms in total. The van der Waals surface area contributed by atoms with Crippen LogP contribution in [0.3, 0.4) is 0 Å². The number of allylic oxidation sites excluding steroid dienone is 3. The third kappa shape index (κ3) is 3.16. The van der Waals surface area contributed by atoms with Crippen LogP contribution in [0.15, 0.2) is 24.0 Å². The van der Waals surface area contributed by atoms with Crippen LogP contribution in [0.5, 0.6) is 0 Å². The molecule has 1 heterocycles. The first-order chi connectivity index (χ1) is 11.4. The van der Waals surface area contributed by atoms with E-state index in [4.69, 9.17) is 9.16 Å². The minimum Gasteiger partial charge on any atom is -0.545 e. The van der Waals surface area contributed by atoms with Gasteiger partial charge in [-0.05, 0) is 60.2 Å². The maximum atomic E-state index is 6.85. The molecule has 0 bridgehead atoms. The van der Waals surface area contributed by atoms with Gasteiger partial charge in [0.1, 0.15) is 11.9 Å². The maximum Gasteiger partial charge on any atom is 0.250 e. The average Bonchev–Trinajstić information content (AvgIpc) is 2.48. The summed E-state index contributed by atoms with van der Waals surface area (Å²) in [6.45, 7) is 19.8. The van der Waals surface area contributed by atoms with E-state index in [0.717, 1.165) is 18.8 Å². The molecule has 0 aromatic carbocycles. The first kappa shape index (κ1) is 19.2. The van der Waals surface area contributed by atoms with Crippen LogP contribution in [0.1, 0.15) is 60.8 Å². The van der Waals surface area contributed by atoms with Crippen LogP contribution in [-0.4, -0.2) is 21.0 Å². The lowest BCUT2D eigenvalue weighted by Crippen LogP contribution is -2.54. The van der Waals surface area contributed by atoms with Gasteiger partial charge in [0, 0.05) is 12.5 Å². The van der Waals surface area contributed by atoms with Crippen LogP contribution in [0, 0.1) is 22.7 Å². The Bertz CT molecular complexity index is 581. The normalized spacial score (nSPS) is 37.8. The highest BCUT2D eigenvalue weighted by atomic mass is 28.4. The van der Waals surface area contributed by atoms with Crippen molar-refractivity contribution in [3.05, 3.63) is 24.0 Å². The molecule has 0 spiro atoms. The van der Waals surface area contributed by atoms with Gasteiger partial charge in [-0.25, -0.2) is 0 Å². The molecule has 0 N–H and O–H groups in total. The SMILES string of the molecule is CC1(C)CC=C[C@]2(C)[C@@H]3CCCO[C@H]3C(O[Si](C)(C)C(C)(C)C)=C[C@H]12. The van der Waals surface area contributed by atoms with Crippen molar-refractivity contribution < 1.29 is 9.16 Å². The van der Waals surface area contributed by atoms with Crippen molar-refractivity contribution >= 4 is 8.32 Å². The Balaban J connectivity index is 2.04. The number of ether oxygens (including phenoxy) is 1. The molecule has 3 heteroatoms. The Morgan fingerprint density at radius 3 is 2.52 bits per heavy atom. The van der Waals surface area contributed by atoms with E-state index in [0.29, 0.717) is 11.8 Å². The molecule has 0 amide bonds. The van der Waals surface area contributed by atoms with E-state index in [-0.39, 0.29) is 22.0 Å². The van der Waals surface area contributed by atoms with E-state index < -0.39 is 8.32 Å². The van der Waals surface area contributed by atoms with Crippen molar-refractivity contribution in [3.63, 3.8) is 0 Å². The third-order valence-corrected chi connectivity index (χ3v) is 11.9. The maximum absolute atomic E-state index is 6.85. The zero-order valence-electron chi connectivity index (χ0n) is 17.6. The summed E-state index contributed by atoms with van der Waals surface area (Å²) >= 11 is 0. The summed E-state index contributed by atoms with van der Waals surface area (Å²) in [7, 11) is -1.86. The van der Waals surface area contributed by atoms with Crippen LogP contribution in [0.25, 0.3) is 0 Å². The molecule has 0 saturated carbocycles. The van der Waals surface area contributed by atoms with Crippen molar-refractivity contribution in [1.29, 1.82) is 0 Å². The van der Waals surface area contributed by atoms with Crippen LogP contribution >= 0.6 is 0 Å². The Labute approximate surface area is 156 Å². The van der Waals surface area contributed by atoms with E-state index in [1.54, 1.807) is 0 Å². The van der Waals surface area contributed by atoms with E-state index in [9.17, 15) is 0 Å². The Hall–Kier alpha value is -0.543. The molecule has 1 saturated heterocycles. The lowest BCUT2D eigenvalue weighted by atomic mass is 9.51. The molecular weight excluding hydrogens is 324 g/mol. The Kier molecular flexibility index (Phi) is 4.60. The molecule has 2 aliphatic carbocycles. The zero-order chi connectivity index (χ0) is 18.7. The van der Waals surface area contributed by atoms with Gasteiger partial charge < -0.3 is 9.16 Å². The third-order valence-electron chi connectivity index (χ3n) is 7.54. The molecule has 142 valence electrons. The molecule has 1 aliphatic heterocycles. The van der Waals surface area contributed by atoms with E-state index in [2.05, 4.69) is 72.9 Å². The van der Waals surface area contributed by atoms with Crippen LogP contribution in [0.4, 0.5) is 0 Å². The second kappa shape index (κ2) is 5.99. The molecular formula is C22H38O2Si. The van der Waals surface area contributed by atoms with Gasteiger partial charge in [-0.2, -0.15) is 0 Å². The quantitative estimate of drug-likeness (QED) is 0.423. The molecule has 3 aliphatic rings. The summed E-state index contributed by atoms with van der Waals surface area (Å²) in [6, 6.07) is 0. The molecule has 0 unspecified atom stereocenters. The highest BCUT2D eigenvalue weighted by molar-refractivity contribution is 6.74. The monoisotopic (exact) mass is 362 g/mol. The van der Waals surface area contributed by atoms with Gasteiger partial charge in [-0.15, -0.1) is 0 Å². The smallest absolute Gasteiger partial charge is 0.250 e. The Morgan fingerprint density at radius 2 is 1.88 bits per heavy atom. The average molecular weight is 363 g/mol. The summed E-state index contributed by atoms with van der Waals surface area (Å²) in [5.74, 6) is 2.21. The Morgan fingerprint density at radius 1 is 1.20 bits per heavy atom. The standard InChI is InChI=1S/C22H38O2Si/c1-20(2,3)25(7,8)24-17-15-18-21(4,5)12-10-13-22(18,6)16-11-9-14-23-19(16)17/h10,13,15-16,18-19H,9,11-12,14H2,1-8H3/t16-,18-,19-,22-/m1/s1. The van der Waals surface area contributed by atoms with Crippen molar-refractivity contribution in [2.45, 2.75) is 85.0 Å². The van der Waals surface area contributed by atoms with Gasteiger partial charge in [-0.3, -0.25) is 0 Å². The number of hydrogen-bond donors (Lipinski definition) is 0. The topological polar surface area (TPSA) is 18.5 Å². The largest absolute Gasteiger partial charge is 0.545 e. The van der Waals surface area contributed by atoms with E-state index in [1.165, 1.54) is 12.8 Å². The molecule has 3 rings (SSSR count). The van der Waals surface area contributed by atoms with Crippen molar-refractivity contribution in [1.82, 2.24) is 0 Å². The highest BCUT2D eigenvalue weighted by Gasteiger charge is 2.55. The fraction of sp³-hybridized carbons (Fsp3) is 0.818. The summed E-state index contributed by atoms with van der Waals surface area (Å²) in [5, 5.41) is 0.209. The van der Waals surface area contributed by atoms with Crippen molar-refractivity contribution in [2.24, 2.45) is 22.7 Å². The predicted octanol–water partition coefficient (Wildman–Crippen LogP) is 6.31. The number of rotatable bonds is 2. The lowest BCUT2D eigenvalue weighted by Gasteiger charge is -2.57. The van der Waals surface area contributed by atoms with Gasteiger partial charge >= 0.3 is 0 Å². The molecule has 1 fully saturated rings. The summed E-state index contributed by atoms with van der Waals surface area (Å²) in [4.78, 5) is 0. The summed E-state index contributed by atoms with van der Waals surface area (Å²) in [6.07, 6.45) is 11.1.